The van der Waals surface area contributed by atoms with Gasteiger partial charge in [0.2, 0.25) is 0 Å². The quantitative estimate of drug-likeness (QED) is 0.283. The Bertz CT molecular complexity index is 384. The van der Waals surface area contributed by atoms with Crippen molar-refractivity contribution < 1.29 is 49.0 Å². The van der Waals surface area contributed by atoms with E-state index in [1.165, 1.54) is 0 Å². The van der Waals surface area contributed by atoms with E-state index in [9.17, 15) is 30.1 Å². The molecule has 1 heterocycles. The predicted molar refractivity (Wildman–Crippen MR) is 67.2 cm³/mol. The Morgan fingerprint density at radius 3 is 2.29 bits per heavy atom. The van der Waals surface area contributed by atoms with Crippen LogP contribution in [-0.2, 0) is 18.3 Å². The van der Waals surface area contributed by atoms with Crippen molar-refractivity contribution in [2.45, 2.75) is 42.5 Å². The first-order valence-electron chi connectivity index (χ1n) is 6.10. The lowest BCUT2D eigenvalue weighted by molar-refractivity contribution is -0.290. The topological polar surface area (TPSA) is 166 Å². The minimum atomic E-state index is -4.24. The van der Waals surface area contributed by atoms with Crippen molar-refractivity contribution in [3.63, 3.8) is 0 Å². The molecule has 11 heteroatoms. The molecule has 126 valence electrons. The minimum absolute atomic E-state index is 0.703. The summed E-state index contributed by atoms with van der Waals surface area (Å²) >= 11 is 0. The van der Waals surface area contributed by atoms with Gasteiger partial charge in [0.25, 0.3) is 5.53 Å². The van der Waals surface area contributed by atoms with Gasteiger partial charge in [-0.1, -0.05) is 0 Å². The molecule has 0 aromatic heterocycles. The molecule has 6 atom stereocenters. The summed E-state index contributed by atoms with van der Waals surface area (Å²) in [4.78, 5) is 0. The first kappa shape index (κ1) is 18.9. The lowest BCUT2D eigenvalue weighted by Gasteiger charge is -2.45. The summed E-state index contributed by atoms with van der Waals surface area (Å²) in [6, 6.07) is 0. The van der Waals surface area contributed by atoms with E-state index in [1.54, 1.807) is 0 Å². The number of ether oxygens (including phenoxy) is 1. The van der Waals surface area contributed by atoms with Crippen molar-refractivity contribution in [3.05, 3.63) is 0 Å². The third kappa shape index (κ3) is 3.45. The summed E-state index contributed by atoms with van der Waals surface area (Å²) in [6.45, 7) is -0.853. The number of aliphatic hydroxyl groups is 6. The molecule has 1 fully saturated rings. The van der Waals surface area contributed by atoms with Gasteiger partial charge in [0.15, 0.2) is 0 Å². The molecule has 6 N–H and O–H groups in total. The molecule has 0 spiro atoms. The second kappa shape index (κ2) is 6.97. The lowest BCUT2D eigenvalue weighted by atomic mass is 9.95. The van der Waals surface area contributed by atoms with Gasteiger partial charge in [0.05, 0.1) is 12.7 Å². The molecule has 0 unspecified atom stereocenters. The van der Waals surface area contributed by atoms with Crippen molar-refractivity contribution >= 4 is 7.60 Å². The lowest BCUT2D eigenvalue weighted by Crippen LogP contribution is -2.60. The van der Waals surface area contributed by atoms with Crippen LogP contribution in [0.3, 0.4) is 0 Å². The molecule has 0 bridgehead atoms. The summed E-state index contributed by atoms with van der Waals surface area (Å²) in [6.07, 6.45) is -9.31. The monoisotopic (exact) mass is 332 g/mol. The Hall–Kier alpha value is -0.130. The Labute approximate surface area is 121 Å². The van der Waals surface area contributed by atoms with E-state index in [-0.39, 0.29) is 0 Å². The predicted octanol–water partition coefficient (Wildman–Crippen LogP) is -2.66. The Balaban J connectivity index is 3.10. The fourth-order valence-corrected chi connectivity index (χ4v) is 3.46. The maximum atomic E-state index is 12.3. The normalized spacial score (nSPS) is 37.2. The Morgan fingerprint density at radius 1 is 1.33 bits per heavy atom. The molecule has 1 saturated heterocycles. The fraction of sp³-hybridized carbons (Fsp3) is 1.00. The summed E-state index contributed by atoms with van der Waals surface area (Å²) < 4.78 is 26.5. The summed E-state index contributed by atoms with van der Waals surface area (Å²) in [5.74, 6) is 0. The van der Waals surface area contributed by atoms with Crippen LogP contribution in [0, 0.1) is 0 Å². The van der Waals surface area contributed by atoms with Gasteiger partial charge < -0.3 is 44.4 Å². The van der Waals surface area contributed by atoms with E-state index in [0.717, 1.165) is 14.2 Å². The zero-order valence-corrected chi connectivity index (χ0v) is 12.5. The molecule has 0 radical (unpaired) electrons. The van der Waals surface area contributed by atoms with Crippen molar-refractivity contribution in [3.8, 4) is 0 Å². The average Bonchev–Trinajstić information content (AvgIpc) is 2.48. The highest BCUT2D eigenvalue weighted by molar-refractivity contribution is 7.55. The van der Waals surface area contributed by atoms with Crippen molar-refractivity contribution in [1.29, 1.82) is 0 Å². The molecule has 1 aliphatic heterocycles. The third-order valence-electron chi connectivity index (χ3n) is 3.36. The van der Waals surface area contributed by atoms with E-state index in [4.69, 9.17) is 9.84 Å². The molecule has 1 aliphatic rings. The van der Waals surface area contributed by atoms with Gasteiger partial charge in [-0.3, -0.25) is 4.57 Å². The van der Waals surface area contributed by atoms with Crippen LogP contribution in [0.25, 0.3) is 0 Å². The van der Waals surface area contributed by atoms with Crippen LogP contribution in [-0.4, -0.2) is 87.5 Å². The Morgan fingerprint density at radius 2 is 1.86 bits per heavy atom. The number of aliphatic hydroxyl groups excluding tert-OH is 5. The number of hydrogen-bond donors (Lipinski definition) is 6. The molecule has 0 aliphatic carbocycles. The molecule has 10 nitrogen and oxygen atoms in total. The molecular weight excluding hydrogens is 311 g/mol. The second-order valence-corrected chi connectivity index (χ2v) is 7.11. The summed E-state index contributed by atoms with van der Waals surface area (Å²) in [7, 11) is -2.27. The zero-order chi connectivity index (χ0) is 16.4. The Kier molecular flexibility index (Phi) is 6.28. The van der Waals surface area contributed by atoms with Crippen LogP contribution < -0.4 is 0 Å². The van der Waals surface area contributed by atoms with Crippen LogP contribution in [0.15, 0.2) is 0 Å². The average molecular weight is 332 g/mol. The van der Waals surface area contributed by atoms with Crippen LogP contribution in [0.1, 0.15) is 6.42 Å². The molecule has 0 saturated carbocycles. The highest BCUT2D eigenvalue weighted by atomic mass is 31.2. The van der Waals surface area contributed by atoms with Gasteiger partial charge in [-0.25, -0.2) is 0 Å². The number of rotatable bonds is 6. The molecular formula is C10H21O10P. The maximum absolute atomic E-state index is 12.3. The number of hydrogen-bond acceptors (Lipinski definition) is 10. The zero-order valence-electron chi connectivity index (χ0n) is 11.6. The van der Waals surface area contributed by atoms with Gasteiger partial charge >= 0.3 is 7.60 Å². The van der Waals surface area contributed by atoms with E-state index in [1.807, 2.05) is 0 Å². The largest absolute Gasteiger partial charge is 0.394 e. The van der Waals surface area contributed by atoms with Crippen LogP contribution >= 0.6 is 7.60 Å². The summed E-state index contributed by atoms with van der Waals surface area (Å²) in [5, 5.41) is 57.8. The highest BCUT2D eigenvalue weighted by Crippen LogP contribution is 2.61. The first-order valence-corrected chi connectivity index (χ1v) is 7.65. The van der Waals surface area contributed by atoms with Gasteiger partial charge in [-0.15, -0.1) is 0 Å². The van der Waals surface area contributed by atoms with E-state index < -0.39 is 56.7 Å². The van der Waals surface area contributed by atoms with Gasteiger partial charge in [-0.2, -0.15) is 0 Å². The highest BCUT2D eigenvalue weighted by Gasteiger charge is 2.59. The fourth-order valence-electron chi connectivity index (χ4n) is 2.08. The van der Waals surface area contributed by atoms with Crippen molar-refractivity contribution in [2.75, 3.05) is 20.8 Å². The second-order valence-electron chi connectivity index (χ2n) is 4.69. The van der Waals surface area contributed by atoms with Gasteiger partial charge in [0.1, 0.15) is 24.4 Å². The minimum Gasteiger partial charge on any atom is -0.394 e. The summed E-state index contributed by atoms with van der Waals surface area (Å²) in [5.41, 5.74) is -2.63. The molecule has 1 rings (SSSR count). The van der Waals surface area contributed by atoms with Crippen LogP contribution in [0.2, 0.25) is 0 Å². The molecule has 0 aromatic rings. The molecule has 21 heavy (non-hydrogen) atoms. The van der Waals surface area contributed by atoms with Gasteiger partial charge in [0, 0.05) is 20.6 Å². The molecule has 0 amide bonds. The standard InChI is InChI=1S/C10H21O10P/c1-18-21(17,19-2)10(16)3-5(12)7(14)9(20-10)8(15)6(13)4-11/h5-9,11-16H,3-4H2,1-2H3/t5-,6+,7+,8+,9+,10-/m0/s1. The third-order valence-corrected chi connectivity index (χ3v) is 5.46. The van der Waals surface area contributed by atoms with Crippen LogP contribution in [0.4, 0.5) is 0 Å². The first-order chi connectivity index (χ1) is 9.65. The van der Waals surface area contributed by atoms with Crippen molar-refractivity contribution in [1.82, 2.24) is 0 Å². The molecule has 0 aromatic carbocycles. The smallest absolute Gasteiger partial charge is 0.389 e. The van der Waals surface area contributed by atoms with E-state index in [2.05, 4.69) is 9.05 Å². The van der Waals surface area contributed by atoms with Gasteiger partial charge in [-0.05, 0) is 0 Å². The SMILES string of the molecule is COP(=O)(OC)[C@]1(O)C[C@H](O)[C@@H](O)[C@H]([C@H](O)[C@H](O)CO)O1. The van der Waals surface area contributed by atoms with Crippen LogP contribution in [0.5, 0.6) is 0 Å². The van der Waals surface area contributed by atoms with E-state index >= 15 is 0 Å². The van der Waals surface area contributed by atoms with E-state index in [0.29, 0.717) is 0 Å². The maximum Gasteiger partial charge on any atom is 0.389 e. The van der Waals surface area contributed by atoms with Crippen molar-refractivity contribution in [2.24, 2.45) is 0 Å².